The average molecular weight is 269 g/mol. The fraction of sp³-hybridized carbons (Fsp3) is 0.333. The summed E-state index contributed by atoms with van der Waals surface area (Å²) in [4.78, 5) is 22.0. The molecule has 1 aromatic rings. The van der Waals surface area contributed by atoms with Crippen molar-refractivity contribution in [3.05, 3.63) is 29.8 Å². The van der Waals surface area contributed by atoms with Crippen molar-refractivity contribution in [1.82, 2.24) is 0 Å². The lowest BCUT2D eigenvalue weighted by molar-refractivity contribution is -0.138. The molecule has 1 aromatic carbocycles. The highest BCUT2D eigenvalue weighted by Crippen LogP contribution is 2.10. The number of ketones is 1. The van der Waals surface area contributed by atoms with Crippen LogP contribution in [0.4, 0.5) is 0 Å². The summed E-state index contributed by atoms with van der Waals surface area (Å²) in [7, 11) is -1.34. The second-order valence-corrected chi connectivity index (χ2v) is 5.44. The van der Waals surface area contributed by atoms with Crippen molar-refractivity contribution in [3.8, 4) is 0 Å². The Balaban J connectivity index is 2.71. The molecule has 0 spiro atoms. The zero-order chi connectivity index (χ0) is 13.7. The van der Waals surface area contributed by atoms with Crippen LogP contribution in [0.1, 0.15) is 12.5 Å². The van der Waals surface area contributed by atoms with Gasteiger partial charge in [-0.25, -0.2) is 0 Å². The van der Waals surface area contributed by atoms with Gasteiger partial charge in [0.2, 0.25) is 0 Å². The zero-order valence-electron chi connectivity index (χ0n) is 9.96. The highest BCUT2D eigenvalue weighted by molar-refractivity contribution is 7.85. The summed E-state index contributed by atoms with van der Waals surface area (Å²) in [6.07, 6.45) is 0.217. The van der Waals surface area contributed by atoms with Crippen molar-refractivity contribution in [2.45, 2.75) is 24.3 Å². The minimum atomic E-state index is -1.34. The molecule has 2 atom stereocenters. The average Bonchev–Trinajstić information content (AvgIpc) is 2.28. The lowest BCUT2D eigenvalue weighted by Crippen LogP contribution is -2.32. The Labute approximate surface area is 107 Å². The van der Waals surface area contributed by atoms with Crippen LogP contribution in [0.2, 0.25) is 0 Å². The molecule has 18 heavy (non-hydrogen) atoms. The second-order valence-electron chi connectivity index (χ2n) is 3.98. The normalized spacial score (nSPS) is 13.9. The molecule has 0 aliphatic heterocycles. The second kappa shape index (κ2) is 6.42. The lowest BCUT2D eigenvalue weighted by atomic mass is 10.1. The van der Waals surface area contributed by atoms with Crippen LogP contribution < -0.4 is 5.73 Å². The predicted molar refractivity (Wildman–Crippen MR) is 67.7 cm³/mol. The van der Waals surface area contributed by atoms with Crippen molar-refractivity contribution < 1.29 is 18.9 Å². The van der Waals surface area contributed by atoms with Crippen molar-refractivity contribution >= 4 is 22.6 Å². The molecule has 0 radical (unpaired) electrons. The van der Waals surface area contributed by atoms with Crippen LogP contribution >= 0.6 is 0 Å². The van der Waals surface area contributed by atoms with Gasteiger partial charge in [-0.2, -0.15) is 0 Å². The van der Waals surface area contributed by atoms with Crippen LogP contribution in [0.15, 0.2) is 29.2 Å². The van der Waals surface area contributed by atoms with Crippen molar-refractivity contribution in [2.75, 3.05) is 5.75 Å². The highest BCUT2D eigenvalue weighted by Gasteiger charge is 2.12. The van der Waals surface area contributed by atoms with E-state index >= 15 is 0 Å². The maximum absolute atomic E-state index is 11.7. The van der Waals surface area contributed by atoms with Gasteiger partial charge in [-0.1, -0.05) is 12.1 Å². The summed E-state index contributed by atoms with van der Waals surface area (Å²) < 4.78 is 11.7. The molecule has 0 amide bonds. The van der Waals surface area contributed by atoms with Gasteiger partial charge in [0.15, 0.2) is 0 Å². The third-order valence-corrected chi connectivity index (χ3v) is 3.76. The number of carbonyl (C=O) groups excluding carboxylic acids is 1. The van der Waals surface area contributed by atoms with Crippen LogP contribution in [0.5, 0.6) is 0 Å². The van der Waals surface area contributed by atoms with Gasteiger partial charge in [0.25, 0.3) is 0 Å². The van der Waals surface area contributed by atoms with E-state index in [0.29, 0.717) is 4.90 Å². The molecule has 0 saturated carbocycles. The fourth-order valence-electron chi connectivity index (χ4n) is 1.39. The molecular weight excluding hydrogens is 254 g/mol. The summed E-state index contributed by atoms with van der Waals surface area (Å²) in [5, 5.41) is 8.67. The Bertz CT molecular complexity index is 469. The predicted octanol–water partition coefficient (Wildman–Crippen LogP) is 0.338. The van der Waals surface area contributed by atoms with Gasteiger partial charge in [-0.05, 0) is 31.0 Å². The smallest absolute Gasteiger partial charge is 0.320 e. The molecule has 5 nitrogen and oxygen atoms in total. The van der Waals surface area contributed by atoms with Crippen LogP contribution in [0, 0.1) is 0 Å². The van der Waals surface area contributed by atoms with Gasteiger partial charge < -0.3 is 10.8 Å². The van der Waals surface area contributed by atoms with E-state index in [1.807, 2.05) is 0 Å². The molecule has 0 aliphatic rings. The molecule has 0 bridgehead atoms. The van der Waals surface area contributed by atoms with E-state index in [1.54, 1.807) is 24.3 Å². The Morgan fingerprint density at radius 3 is 2.33 bits per heavy atom. The van der Waals surface area contributed by atoms with Crippen LogP contribution in [-0.4, -0.2) is 32.9 Å². The molecule has 6 heteroatoms. The van der Waals surface area contributed by atoms with Crippen molar-refractivity contribution in [3.63, 3.8) is 0 Å². The van der Waals surface area contributed by atoms with Gasteiger partial charge in [0.1, 0.15) is 11.8 Å². The van der Waals surface area contributed by atoms with Gasteiger partial charge in [0.05, 0.1) is 16.6 Å². The monoisotopic (exact) mass is 269 g/mol. The summed E-state index contributed by atoms with van der Waals surface area (Å²) in [6, 6.07) is 5.66. The third-order valence-electron chi connectivity index (χ3n) is 2.29. The number of aliphatic carboxylic acids is 1. The van der Waals surface area contributed by atoms with E-state index < -0.39 is 22.8 Å². The molecule has 0 heterocycles. The molecule has 3 N–H and O–H groups in total. The summed E-state index contributed by atoms with van der Waals surface area (Å²) in [6.45, 7) is 1.39. The number of nitrogens with two attached hydrogens (primary N) is 1. The minimum absolute atomic E-state index is 0.00597. The summed E-state index contributed by atoms with van der Waals surface area (Å²) >= 11 is 0. The van der Waals surface area contributed by atoms with E-state index in [9.17, 15) is 13.8 Å². The number of hydrogen-bond acceptors (Lipinski definition) is 4. The van der Waals surface area contributed by atoms with Gasteiger partial charge in [-0.15, -0.1) is 0 Å². The van der Waals surface area contributed by atoms with E-state index in [2.05, 4.69) is 0 Å². The standard InChI is InChI=1S/C12H15NO4S/c1-8(14)7-18(17)10-4-2-9(3-5-10)6-11(13)12(15)16/h2-5,11H,6-7,13H2,1H3,(H,15,16). The van der Waals surface area contributed by atoms with Gasteiger partial charge in [-0.3, -0.25) is 13.8 Å². The quantitative estimate of drug-likeness (QED) is 0.776. The highest BCUT2D eigenvalue weighted by atomic mass is 32.2. The number of hydrogen-bond donors (Lipinski definition) is 2. The Hall–Kier alpha value is -1.53. The largest absolute Gasteiger partial charge is 0.480 e. The first kappa shape index (κ1) is 14.5. The van der Waals surface area contributed by atoms with E-state index in [4.69, 9.17) is 10.8 Å². The lowest BCUT2D eigenvalue weighted by Gasteiger charge is -2.07. The molecule has 0 aromatic heterocycles. The Kier molecular flexibility index (Phi) is 5.18. The molecule has 2 unspecified atom stereocenters. The molecule has 0 fully saturated rings. The minimum Gasteiger partial charge on any atom is -0.480 e. The molecule has 0 saturated heterocycles. The molecule has 1 rings (SSSR count). The van der Waals surface area contributed by atoms with Crippen LogP contribution in [0.3, 0.4) is 0 Å². The van der Waals surface area contributed by atoms with Gasteiger partial charge >= 0.3 is 5.97 Å². The maximum atomic E-state index is 11.7. The number of carbonyl (C=O) groups is 2. The number of benzene rings is 1. The third kappa shape index (κ3) is 4.38. The van der Waals surface area contributed by atoms with Crippen molar-refractivity contribution in [1.29, 1.82) is 0 Å². The fourth-order valence-corrected chi connectivity index (χ4v) is 2.36. The van der Waals surface area contributed by atoms with E-state index in [-0.39, 0.29) is 18.0 Å². The first-order valence-corrected chi connectivity index (χ1v) is 6.67. The van der Waals surface area contributed by atoms with E-state index in [1.165, 1.54) is 6.92 Å². The molecular formula is C12H15NO4S. The van der Waals surface area contributed by atoms with Crippen molar-refractivity contribution in [2.24, 2.45) is 5.73 Å². The van der Waals surface area contributed by atoms with Crippen LogP contribution in [-0.2, 0) is 26.8 Å². The Morgan fingerprint density at radius 1 is 1.33 bits per heavy atom. The summed E-state index contributed by atoms with van der Waals surface area (Å²) in [5.74, 6) is -1.20. The number of Topliss-reactive ketones (excluding diaryl/α,β-unsaturated/α-hetero) is 1. The topological polar surface area (TPSA) is 97.5 Å². The SMILES string of the molecule is CC(=O)CS(=O)c1ccc(CC(N)C(=O)O)cc1. The molecule has 0 aliphatic carbocycles. The first-order chi connectivity index (χ1) is 8.40. The van der Waals surface area contributed by atoms with E-state index in [0.717, 1.165) is 5.56 Å². The first-order valence-electron chi connectivity index (χ1n) is 5.35. The van der Waals surface area contributed by atoms with Crippen LogP contribution in [0.25, 0.3) is 0 Å². The number of carboxylic acid groups (broad SMARTS) is 1. The number of carboxylic acids is 1. The summed E-state index contributed by atoms with van der Waals surface area (Å²) in [5.41, 5.74) is 6.17. The number of rotatable bonds is 6. The van der Waals surface area contributed by atoms with Gasteiger partial charge in [0, 0.05) is 4.90 Å². The zero-order valence-corrected chi connectivity index (χ0v) is 10.8. The molecule has 98 valence electrons. The Morgan fingerprint density at radius 2 is 1.89 bits per heavy atom. The maximum Gasteiger partial charge on any atom is 0.320 e.